The summed E-state index contributed by atoms with van der Waals surface area (Å²) in [5.74, 6) is 0. The highest BCUT2D eigenvalue weighted by Gasteiger charge is 2.30. The molecule has 0 spiro atoms. The average molecular weight is 194 g/mol. The molecular weight excluding hydrogens is 176 g/mol. The lowest BCUT2D eigenvalue weighted by Crippen LogP contribution is -2.17. The summed E-state index contributed by atoms with van der Waals surface area (Å²) in [5.41, 5.74) is 2.15. The molecule has 0 aromatic carbocycles. The molecule has 0 amide bonds. The first-order chi connectivity index (χ1) is 6.52. The maximum atomic E-state index is 9.07. The van der Waals surface area contributed by atoms with E-state index < -0.39 is 0 Å². The minimum absolute atomic E-state index is 0.0444. The highest BCUT2D eigenvalue weighted by atomic mass is 16.3. The summed E-state index contributed by atoms with van der Waals surface area (Å²) in [6.45, 7) is 6.60. The van der Waals surface area contributed by atoms with E-state index in [1.165, 1.54) is 18.5 Å². The molecular formula is C11H18N2O. The van der Waals surface area contributed by atoms with Crippen molar-refractivity contribution >= 4 is 0 Å². The molecule has 1 aromatic heterocycles. The van der Waals surface area contributed by atoms with Gasteiger partial charge in [0.25, 0.3) is 0 Å². The van der Waals surface area contributed by atoms with Crippen LogP contribution in [0.15, 0.2) is 6.07 Å². The van der Waals surface area contributed by atoms with Crippen LogP contribution in [0.1, 0.15) is 51.0 Å². The lowest BCUT2D eigenvalue weighted by molar-refractivity contribution is 0.275. The molecule has 1 N–H and O–H groups in total. The van der Waals surface area contributed by atoms with Crippen LogP contribution >= 0.6 is 0 Å². The van der Waals surface area contributed by atoms with Crippen molar-refractivity contribution in [3.8, 4) is 0 Å². The van der Waals surface area contributed by atoms with Crippen LogP contribution < -0.4 is 0 Å². The van der Waals surface area contributed by atoms with Gasteiger partial charge in [0.2, 0.25) is 0 Å². The lowest BCUT2D eigenvalue weighted by Gasteiger charge is -2.19. The van der Waals surface area contributed by atoms with Crippen LogP contribution in [0.5, 0.6) is 0 Å². The molecule has 14 heavy (non-hydrogen) atoms. The van der Waals surface area contributed by atoms with Gasteiger partial charge in [-0.15, -0.1) is 0 Å². The molecule has 3 heteroatoms. The molecule has 0 atom stereocenters. The molecule has 1 aliphatic rings. The smallest absolute Gasteiger partial charge is 0.0882 e. The van der Waals surface area contributed by atoms with Gasteiger partial charge >= 0.3 is 0 Å². The second-order valence-corrected chi connectivity index (χ2v) is 5.10. The SMILES string of the molecule is CC(C)(C)c1cc(CO)nn1C1CC1. The Morgan fingerprint density at radius 2 is 2.14 bits per heavy atom. The molecule has 1 saturated carbocycles. The van der Waals surface area contributed by atoms with Gasteiger partial charge in [0.15, 0.2) is 0 Å². The van der Waals surface area contributed by atoms with Crippen molar-refractivity contribution in [2.24, 2.45) is 0 Å². The largest absolute Gasteiger partial charge is 0.390 e. The summed E-state index contributed by atoms with van der Waals surface area (Å²) in [5, 5.41) is 13.5. The lowest BCUT2D eigenvalue weighted by atomic mass is 9.92. The second kappa shape index (κ2) is 3.09. The summed E-state index contributed by atoms with van der Waals surface area (Å²) < 4.78 is 2.10. The number of aliphatic hydroxyl groups is 1. The van der Waals surface area contributed by atoms with Gasteiger partial charge < -0.3 is 5.11 Å². The van der Waals surface area contributed by atoms with Gasteiger partial charge in [-0.05, 0) is 18.9 Å². The predicted molar refractivity (Wildman–Crippen MR) is 55.1 cm³/mol. The summed E-state index contributed by atoms with van der Waals surface area (Å²) in [6.07, 6.45) is 2.46. The van der Waals surface area contributed by atoms with Crippen LogP contribution in [-0.4, -0.2) is 14.9 Å². The molecule has 0 saturated heterocycles. The first kappa shape index (κ1) is 9.71. The Hall–Kier alpha value is -0.830. The molecule has 0 radical (unpaired) electrons. The fourth-order valence-corrected chi connectivity index (χ4v) is 1.68. The maximum Gasteiger partial charge on any atom is 0.0882 e. The zero-order valence-electron chi connectivity index (χ0n) is 9.12. The van der Waals surface area contributed by atoms with Gasteiger partial charge in [-0.1, -0.05) is 20.8 Å². The van der Waals surface area contributed by atoms with E-state index in [2.05, 4.69) is 30.6 Å². The van der Waals surface area contributed by atoms with Crippen LogP contribution in [-0.2, 0) is 12.0 Å². The predicted octanol–water partition coefficient (Wildman–Crippen LogP) is 2.01. The maximum absolute atomic E-state index is 9.07. The summed E-state index contributed by atoms with van der Waals surface area (Å²) in [7, 11) is 0. The number of aliphatic hydroxyl groups excluding tert-OH is 1. The van der Waals surface area contributed by atoms with Gasteiger partial charge in [0.1, 0.15) is 0 Å². The second-order valence-electron chi connectivity index (χ2n) is 5.10. The van der Waals surface area contributed by atoms with Crippen LogP contribution in [0.2, 0.25) is 0 Å². The molecule has 1 fully saturated rings. The monoisotopic (exact) mass is 194 g/mol. The van der Waals surface area contributed by atoms with Crippen LogP contribution in [0.25, 0.3) is 0 Å². The molecule has 1 heterocycles. The number of hydrogen-bond acceptors (Lipinski definition) is 2. The molecule has 78 valence electrons. The highest BCUT2D eigenvalue weighted by Crippen LogP contribution is 2.38. The zero-order chi connectivity index (χ0) is 10.3. The molecule has 0 aliphatic heterocycles. The van der Waals surface area contributed by atoms with E-state index in [4.69, 9.17) is 5.11 Å². The van der Waals surface area contributed by atoms with Crippen molar-refractivity contribution in [3.05, 3.63) is 17.5 Å². The molecule has 1 aliphatic carbocycles. The number of nitrogens with zero attached hydrogens (tertiary/aromatic N) is 2. The topological polar surface area (TPSA) is 38.1 Å². The fourth-order valence-electron chi connectivity index (χ4n) is 1.68. The number of aromatic nitrogens is 2. The zero-order valence-corrected chi connectivity index (χ0v) is 9.12. The first-order valence-corrected chi connectivity index (χ1v) is 5.22. The molecule has 3 nitrogen and oxygen atoms in total. The van der Waals surface area contributed by atoms with Crippen molar-refractivity contribution in [2.45, 2.75) is 51.7 Å². The third kappa shape index (κ3) is 1.69. The van der Waals surface area contributed by atoms with E-state index in [1.807, 2.05) is 6.07 Å². The Labute approximate surface area is 84.7 Å². The van der Waals surface area contributed by atoms with E-state index in [9.17, 15) is 0 Å². The Kier molecular flexibility index (Phi) is 2.14. The van der Waals surface area contributed by atoms with Crippen LogP contribution in [0.4, 0.5) is 0 Å². The van der Waals surface area contributed by atoms with Crippen molar-refractivity contribution in [2.75, 3.05) is 0 Å². The van der Waals surface area contributed by atoms with Crippen molar-refractivity contribution in [3.63, 3.8) is 0 Å². The Morgan fingerprint density at radius 3 is 2.57 bits per heavy atom. The Balaban J connectivity index is 2.40. The number of rotatable bonds is 2. The van der Waals surface area contributed by atoms with Crippen molar-refractivity contribution in [1.29, 1.82) is 0 Å². The van der Waals surface area contributed by atoms with Gasteiger partial charge in [0, 0.05) is 11.1 Å². The minimum atomic E-state index is 0.0444. The molecule has 2 rings (SSSR count). The minimum Gasteiger partial charge on any atom is -0.390 e. The highest BCUT2D eigenvalue weighted by molar-refractivity contribution is 5.19. The quantitative estimate of drug-likeness (QED) is 0.782. The van der Waals surface area contributed by atoms with Crippen LogP contribution in [0, 0.1) is 0 Å². The van der Waals surface area contributed by atoms with Crippen molar-refractivity contribution < 1.29 is 5.11 Å². The van der Waals surface area contributed by atoms with Gasteiger partial charge in [-0.2, -0.15) is 5.10 Å². The third-order valence-electron chi connectivity index (χ3n) is 2.61. The van der Waals surface area contributed by atoms with Crippen molar-refractivity contribution in [1.82, 2.24) is 9.78 Å². The third-order valence-corrected chi connectivity index (χ3v) is 2.61. The normalized spacial score (nSPS) is 17.4. The van der Waals surface area contributed by atoms with E-state index in [0.717, 1.165) is 5.69 Å². The molecule has 0 bridgehead atoms. The summed E-state index contributed by atoms with van der Waals surface area (Å²) >= 11 is 0. The van der Waals surface area contributed by atoms with Gasteiger partial charge in [-0.3, -0.25) is 4.68 Å². The van der Waals surface area contributed by atoms with E-state index in [0.29, 0.717) is 6.04 Å². The van der Waals surface area contributed by atoms with E-state index in [1.54, 1.807) is 0 Å². The summed E-state index contributed by atoms with van der Waals surface area (Å²) in [6, 6.07) is 2.61. The Bertz CT molecular complexity index is 332. The van der Waals surface area contributed by atoms with E-state index >= 15 is 0 Å². The Morgan fingerprint density at radius 1 is 1.50 bits per heavy atom. The molecule has 0 unspecified atom stereocenters. The molecule has 1 aromatic rings. The van der Waals surface area contributed by atoms with Gasteiger partial charge in [-0.25, -0.2) is 0 Å². The number of hydrogen-bond donors (Lipinski definition) is 1. The summed E-state index contributed by atoms with van der Waals surface area (Å²) in [4.78, 5) is 0. The average Bonchev–Trinajstić information content (AvgIpc) is 2.83. The fraction of sp³-hybridized carbons (Fsp3) is 0.727. The standard InChI is InChI=1S/C11H18N2O/c1-11(2,3)10-6-8(7-14)12-13(10)9-4-5-9/h6,9,14H,4-5,7H2,1-3H3. The first-order valence-electron chi connectivity index (χ1n) is 5.22. The van der Waals surface area contributed by atoms with E-state index in [-0.39, 0.29) is 12.0 Å². The van der Waals surface area contributed by atoms with Crippen LogP contribution in [0.3, 0.4) is 0 Å². The van der Waals surface area contributed by atoms with Gasteiger partial charge in [0.05, 0.1) is 18.3 Å².